The smallest absolute Gasteiger partial charge is 0.0595 e. The van der Waals surface area contributed by atoms with Crippen molar-refractivity contribution in [3.05, 3.63) is 63.9 Å². The summed E-state index contributed by atoms with van der Waals surface area (Å²) in [6.07, 6.45) is 2.64. The largest absolute Gasteiger partial charge is 0.310 e. The van der Waals surface area contributed by atoms with Gasteiger partial charge in [-0.1, -0.05) is 42.3 Å². The highest BCUT2D eigenvalue weighted by Crippen LogP contribution is 2.27. The van der Waals surface area contributed by atoms with E-state index in [0.29, 0.717) is 10.0 Å². The Balaban J connectivity index is 2.21. The van der Waals surface area contributed by atoms with Gasteiger partial charge >= 0.3 is 0 Å². The molecular formula is C15H16Cl2N2. The van der Waals surface area contributed by atoms with Crippen molar-refractivity contribution < 1.29 is 0 Å². The minimum atomic E-state index is 0.190. The first kappa shape index (κ1) is 14.3. The van der Waals surface area contributed by atoms with Crippen LogP contribution < -0.4 is 5.32 Å². The molecule has 0 fully saturated rings. The molecule has 0 bridgehead atoms. The van der Waals surface area contributed by atoms with Crippen molar-refractivity contribution in [2.45, 2.75) is 19.4 Å². The van der Waals surface area contributed by atoms with Gasteiger partial charge in [-0.15, -0.1) is 0 Å². The lowest BCUT2D eigenvalue weighted by atomic mass is 10.0. The van der Waals surface area contributed by atoms with Gasteiger partial charge in [0.15, 0.2) is 0 Å². The van der Waals surface area contributed by atoms with Crippen LogP contribution in [0, 0.1) is 0 Å². The van der Waals surface area contributed by atoms with Crippen LogP contribution in [0.5, 0.6) is 0 Å². The number of nitrogens with one attached hydrogen (secondary N) is 1. The number of hydrogen-bond acceptors (Lipinski definition) is 2. The van der Waals surface area contributed by atoms with Gasteiger partial charge in [-0.2, -0.15) is 0 Å². The molecule has 0 saturated carbocycles. The molecule has 1 aromatic carbocycles. The molecule has 0 amide bonds. The SMILES string of the molecule is CCNC(Cc1ccccn1)c1ccc(Cl)c(Cl)c1. The van der Waals surface area contributed by atoms with E-state index in [1.807, 2.05) is 42.6 Å². The van der Waals surface area contributed by atoms with Crippen molar-refractivity contribution >= 4 is 23.2 Å². The molecule has 1 aromatic heterocycles. The van der Waals surface area contributed by atoms with Crippen molar-refractivity contribution in [3.8, 4) is 0 Å². The van der Waals surface area contributed by atoms with Crippen LogP contribution in [0.15, 0.2) is 42.6 Å². The second-order valence-electron chi connectivity index (χ2n) is 4.31. The molecule has 4 heteroatoms. The lowest BCUT2D eigenvalue weighted by Crippen LogP contribution is -2.23. The molecule has 0 aliphatic rings. The summed E-state index contributed by atoms with van der Waals surface area (Å²) in [6, 6.07) is 11.9. The van der Waals surface area contributed by atoms with Crippen LogP contribution in [0.1, 0.15) is 24.2 Å². The van der Waals surface area contributed by atoms with Crippen LogP contribution in [0.25, 0.3) is 0 Å². The number of halogens is 2. The standard InChI is InChI=1S/C15H16Cl2N2/c1-2-18-15(10-12-5-3-4-8-19-12)11-6-7-13(16)14(17)9-11/h3-9,15,18H,2,10H2,1H3. The topological polar surface area (TPSA) is 24.9 Å². The first-order valence-corrected chi connectivity index (χ1v) is 7.04. The zero-order valence-electron chi connectivity index (χ0n) is 10.7. The molecule has 1 heterocycles. The Morgan fingerprint density at radius 3 is 2.63 bits per heavy atom. The Hall–Kier alpha value is -1.09. The first-order chi connectivity index (χ1) is 9.20. The lowest BCUT2D eigenvalue weighted by molar-refractivity contribution is 0.544. The van der Waals surface area contributed by atoms with Gasteiger partial charge in [0.25, 0.3) is 0 Å². The monoisotopic (exact) mass is 294 g/mol. The highest BCUT2D eigenvalue weighted by Gasteiger charge is 2.13. The van der Waals surface area contributed by atoms with E-state index in [1.54, 1.807) is 0 Å². The van der Waals surface area contributed by atoms with Gasteiger partial charge in [-0.25, -0.2) is 0 Å². The molecule has 1 N–H and O–H groups in total. The zero-order chi connectivity index (χ0) is 13.7. The molecule has 1 unspecified atom stereocenters. The number of likely N-dealkylation sites (N-methyl/N-ethyl adjacent to an activating group) is 1. The number of benzene rings is 1. The van der Waals surface area contributed by atoms with Gasteiger partial charge in [0.05, 0.1) is 10.0 Å². The van der Waals surface area contributed by atoms with Crippen molar-refractivity contribution in [1.82, 2.24) is 10.3 Å². The molecule has 1 atom stereocenters. The van der Waals surface area contributed by atoms with E-state index in [2.05, 4.69) is 17.2 Å². The lowest BCUT2D eigenvalue weighted by Gasteiger charge is -2.18. The van der Waals surface area contributed by atoms with Crippen molar-refractivity contribution in [2.24, 2.45) is 0 Å². The van der Waals surface area contributed by atoms with E-state index >= 15 is 0 Å². The minimum Gasteiger partial charge on any atom is -0.310 e. The molecule has 100 valence electrons. The molecule has 2 aromatic rings. The van der Waals surface area contributed by atoms with Crippen LogP contribution in [-0.4, -0.2) is 11.5 Å². The van der Waals surface area contributed by atoms with E-state index in [-0.39, 0.29) is 6.04 Å². The first-order valence-electron chi connectivity index (χ1n) is 6.29. The quantitative estimate of drug-likeness (QED) is 0.890. The molecular weight excluding hydrogens is 279 g/mol. The third-order valence-corrected chi connectivity index (χ3v) is 3.67. The summed E-state index contributed by atoms with van der Waals surface area (Å²) in [5.41, 5.74) is 2.18. The highest BCUT2D eigenvalue weighted by atomic mass is 35.5. The van der Waals surface area contributed by atoms with Crippen LogP contribution in [0.4, 0.5) is 0 Å². The number of aromatic nitrogens is 1. The third-order valence-electron chi connectivity index (χ3n) is 2.94. The van der Waals surface area contributed by atoms with Gasteiger partial charge in [0, 0.05) is 24.4 Å². The molecule has 0 aliphatic heterocycles. The zero-order valence-corrected chi connectivity index (χ0v) is 12.2. The normalized spacial score (nSPS) is 12.4. The number of rotatable bonds is 5. The third kappa shape index (κ3) is 3.93. The van der Waals surface area contributed by atoms with E-state index in [9.17, 15) is 0 Å². The van der Waals surface area contributed by atoms with Gasteiger partial charge in [-0.3, -0.25) is 4.98 Å². The Morgan fingerprint density at radius 1 is 1.16 bits per heavy atom. The van der Waals surface area contributed by atoms with Crippen molar-refractivity contribution in [3.63, 3.8) is 0 Å². The molecule has 19 heavy (non-hydrogen) atoms. The molecule has 0 saturated heterocycles. The van der Waals surface area contributed by atoms with Gasteiger partial charge in [0.2, 0.25) is 0 Å². The fourth-order valence-corrected chi connectivity index (χ4v) is 2.32. The summed E-state index contributed by atoms with van der Waals surface area (Å²) >= 11 is 12.0. The second kappa shape index (κ2) is 6.90. The molecule has 0 spiro atoms. The molecule has 0 radical (unpaired) electrons. The van der Waals surface area contributed by atoms with Crippen molar-refractivity contribution in [2.75, 3.05) is 6.54 Å². The maximum atomic E-state index is 6.09. The molecule has 2 rings (SSSR count). The van der Waals surface area contributed by atoms with E-state index in [4.69, 9.17) is 23.2 Å². The summed E-state index contributed by atoms with van der Waals surface area (Å²) in [7, 11) is 0. The average Bonchev–Trinajstić information content (AvgIpc) is 2.43. The minimum absolute atomic E-state index is 0.190. The van der Waals surface area contributed by atoms with Gasteiger partial charge in [-0.05, 0) is 36.4 Å². The summed E-state index contributed by atoms with van der Waals surface area (Å²) in [5.74, 6) is 0. The number of hydrogen-bond donors (Lipinski definition) is 1. The Kier molecular flexibility index (Phi) is 5.20. The van der Waals surface area contributed by atoms with Crippen LogP contribution in [-0.2, 0) is 6.42 Å². The van der Waals surface area contributed by atoms with Crippen LogP contribution >= 0.6 is 23.2 Å². The predicted octanol–water partition coefficient (Wildman–Crippen LogP) is 4.28. The number of pyridine rings is 1. The average molecular weight is 295 g/mol. The van der Waals surface area contributed by atoms with E-state index in [1.165, 1.54) is 0 Å². The molecule has 2 nitrogen and oxygen atoms in total. The summed E-state index contributed by atoms with van der Waals surface area (Å²) in [6.45, 7) is 2.97. The maximum absolute atomic E-state index is 6.09. The number of nitrogens with zero attached hydrogens (tertiary/aromatic N) is 1. The molecule has 0 aliphatic carbocycles. The van der Waals surface area contributed by atoms with E-state index in [0.717, 1.165) is 24.2 Å². The summed E-state index contributed by atoms with van der Waals surface area (Å²) < 4.78 is 0. The highest BCUT2D eigenvalue weighted by molar-refractivity contribution is 6.42. The van der Waals surface area contributed by atoms with Gasteiger partial charge < -0.3 is 5.32 Å². The summed E-state index contributed by atoms with van der Waals surface area (Å²) in [4.78, 5) is 4.37. The maximum Gasteiger partial charge on any atom is 0.0595 e. The second-order valence-corrected chi connectivity index (χ2v) is 5.12. The summed E-state index contributed by atoms with van der Waals surface area (Å²) in [5, 5.41) is 4.62. The van der Waals surface area contributed by atoms with Crippen LogP contribution in [0.2, 0.25) is 10.0 Å². The van der Waals surface area contributed by atoms with E-state index < -0.39 is 0 Å². The van der Waals surface area contributed by atoms with Crippen molar-refractivity contribution in [1.29, 1.82) is 0 Å². The fourth-order valence-electron chi connectivity index (χ4n) is 2.01. The van der Waals surface area contributed by atoms with Gasteiger partial charge in [0.1, 0.15) is 0 Å². The predicted molar refractivity (Wildman–Crippen MR) is 80.8 cm³/mol. The Bertz CT molecular complexity index is 529. The van der Waals surface area contributed by atoms with Crippen LogP contribution in [0.3, 0.4) is 0 Å². The Morgan fingerprint density at radius 2 is 2.00 bits per heavy atom. The Labute approximate surface area is 123 Å². The fraction of sp³-hybridized carbons (Fsp3) is 0.267.